The molecular weight excluding hydrogens is 428 g/mol. The van der Waals surface area contributed by atoms with Crippen molar-refractivity contribution < 1.29 is 27.7 Å². The van der Waals surface area contributed by atoms with Crippen molar-refractivity contribution in [3.05, 3.63) is 28.3 Å². The summed E-state index contributed by atoms with van der Waals surface area (Å²) in [6, 6.07) is 3.33. The number of carbonyl (C=O) groups excluding carboxylic acids is 2. The van der Waals surface area contributed by atoms with E-state index in [0.717, 1.165) is 25.3 Å². The van der Waals surface area contributed by atoms with E-state index < -0.39 is 45.7 Å². The summed E-state index contributed by atoms with van der Waals surface area (Å²) >= 11 is 0. The number of amides is 1. The Morgan fingerprint density at radius 3 is 2.61 bits per heavy atom. The Bertz CT molecular complexity index is 935. The van der Waals surface area contributed by atoms with E-state index in [4.69, 9.17) is 4.74 Å². The topological polar surface area (TPSA) is 157 Å². The van der Waals surface area contributed by atoms with Gasteiger partial charge in [0, 0.05) is 19.2 Å². The molecule has 0 bridgehead atoms. The van der Waals surface area contributed by atoms with Crippen molar-refractivity contribution in [1.82, 2.24) is 10.0 Å². The summed E-state index contributed by atoms with van der Waals surface area (Å²) in [4.78, 5) is 33.9. The first-order chi connectivity index (χ1) is 14.5. The molecule has 1 aliphatic carbocycles. The number of hydrogen-bond donors (Lipinski definition) is 3. The number of hydrogen-bond acceptors (Lipinski definition) is 8. The van der Waals surface area contributed by atoms with Crippen LogP contribution >= 0.6 is 0 Å². The lowest BCUT2D eigenvalue weighted by atomic mass is 9.78. The third kappa shape index (κ3) is 6.62. The van der Waals surface area contributed by atoms with Crippen molar-refractivity contribution in [1.29, 1.82) is 0 Å². The molecule has 0 heterocycles. The van der Waals surface area contributed by atoms with E-state index in [9.17, 15) is 28.1 Å². The lowest BCUT2D eigenvalue weighted by molar-refractivity contribution is -0.384. The molecule has 3 atom stereocenters. The van der Waals surface area contributed by atoms with E-state index in [1.54, 1.807) is 0 Å². The van der Waals surface area contributed by atoms with E-state index >= 15 is 0 Å². The highest BCUT2D eigenvalue weighted by atomic mass is 32.2. The standard InChI is InChI=1S/C19H28N4O7S/c1-12-5-4-6-15(13(12)2)22-18(24)11-30-19(25)10-21-31(28,29)14-7-8-16(20-3)17(9-14)23(26)27/h7-9,12-13,15,20-21H,4-6,10-11H2,1-3H3,(H,22,24). The van der Waals surface area contributed by atoms with Crippen LogP contribution in [0.4, 0.5) is 11.4 Å². The number of nitro benzene ring substituents is 1. The molecule has 1 saturated carbocycles. The summed E-state index contributed by atoms with van der Waals surface area (Å²) in [7, 11) is -2.73. The summed E-state index contributed by atoms with van der Waals surface area (Å²) < 4.78 is 31.5. The monoisotopic (exact) mass is 456 g/mol. The van der Waals surface area contributed by atoms with Gasteiger partial charge in [-0.05, 0) is 30.4 Å². The average Bonchev–Trinajstić information content (AvgIpc) is 2.73. The fraction of sp³-hybridized carbons (Fsp3) is 0.579. The molecule has 0 aliphatic heterocycles. The Hall–Kier alpha value is -2.73. The molecule has 1 aromatic carbocycles. The van der Waals surface area contributed by atoms with E-state index in [-0.39, 0.29) is 16.6 Å². The Morgan fingerprint density at radius 1 is 1.26 bits per heavy atom. The maximum atomic E-state index is 12.3. The van der Waals surface area contributed by atoms with Crippen molar-refractivity contribution >= 4 is 33.3 Å². The molecule has 11 nitrogen and oxygen atoms in total. The fourth-order valence-electron chi connectivity index (χ4n) is 3.51. The minimum absolute atomic E-state index is 0.0184. The number of carbonyl (C=O) groups is 2. The number of sulfonamides is 1. The minimum Gasteiger partial charge on any atom is -0.455 e. The highest BCUT2D eigenvalue weighted by Crippen LogP contribution is 2.29. The van der Waals surface area contributed by atoms with Crippen LogP contribution in [-0.4, -0.2) is 51.5 Å². The average molecular weight is 457 g/mol. The van der Waals surface area contributed by atoms with E-state index in [2.05, 4.69) is 24.5 Å². The van der Waals surface area contributed by atoms with Gasteiger partial charge in [-0.15, -0.1) is 0 Å². The van der Waals surface area contributed by atoms with E-state index in [1.165, 1.54) is 19.2 Å². The number of benzene rings is 1. The first-order valence-corrected chi connectivity index (χ1v) is 11.4. The summed E-state index contributed by atoms with van der Waals surface area (Å²) in [5.74, 6) is -0.571. The van der Waals surface area contributed by atoms with E-state index in [0.29, 0.717) is 11.8 Å². The van der Waals surface area contributed by atoms with Crippen LogP contribution in [0.25, 0.3) is 0 Å². The first kappa shape index (κ1) is 24.5. The van der Waals surface area contributed by atoms with Crippen molar-refractivity contribution in [2.24, 2.45) is 11.8 Å². The number of nitrogens with zero attached hydrogens (tertiary/aromatic N) is 1. The molecule has 31 heavy (non-hydrogen) atoms. The van der Waals surface area contributed by atoms with Gasteiger partial charge in [-0.25, -0.2) is 8.42 Å². The highest BCUT2D eigenvalue weighted by Gasteiger charge is 2.28. The number of rotatable bonds is 9. The van der Waals surface area contributed by atoms with Crippen molar-refractivity contribution in [2.75, 3.05) is 25.5 Å². The number of ether oxygens (including phenoxy) is 1. The van der Waals surface area contributed by atoms with Crippen LogP contribution in [0, 0.1) is 22.0 Å². The van der Waals surface area contributed by atoms with Gasteiger partial charge in [0.25, 0.3) is 11.6 Å². The molecule has 0 aromatic heterocycles. The zero-order chi connectivity index (χ0) is 23.2. The van der Waals surface area contributed by atoms with Crippen LogP contribution in [0.3, 0.4) is 0 Å². The van der Waals surface area contributed by atoms with Crippen LogP contribution in [0.2, 0.25) is 0 Å². The molecule has 1 fully saturated rings. The SMILES string of the molecule is CNc1ccc(S(=O)(=O)NCC(=O)OCC(=O)NC2CCCC(C)C2C)cc1[N+](=O)[O-]. The van der Waals surface area contributed by atoms with Crippen LogP contribution in [0.1, 0.15) is 33.1 Å². The largest absolute Gasteiger partial charge is 0.455 e. The van der Waals surface area contributed by atoms with Gasteiger partial charge in [0.15, 0.2) is 6.61 Å². The first-order valence-electron chi connectivity index (χ1n) is 9.96. The number of esters is 1. The van der Waals surface area contributed by atoms with Gasteiger partial charge in [-0.3, -0.25) is 19.7 Å². The summed E-state index contributed by atoms with van der Waals surface area (Å²) in [6.45, 7) is 2.98. The highest BCUT2D eigenvalue weighted by molar-refractivity contribution is 7.89. The third-order valence-corrected chi connectivity index (χ3v) is 6.97. The summed E-state index contributed by atoms with van der Waals surface area (Å²) in [5, 5.41) is 16.5. The molecule has 1 aliphatic rings. The Morgan fingerprint density at radius 2 is 1.97 bits per heavy atom. The molecule has 12 heteroatoms. The van der Waals surface area contributed by atoms with Crippen LogP contribution < -0.4 is 15.4 Å². The number of anilines is 1. The Labute approximate surface area is 181 Å². The molecule has 172 valence electrons. The molecular formula is C19H28N4O7S. The van der Waals surface area contributed by atoms with Gasteiger partial charge in [0.05, 0.1) is 9.82 Å². The normalized spacial score (nSPS) is 21.2. The third-order valence-electron chi connectivity index (χ3n) is 5.57. The molecule has 3 N–H and O–H groups in total. The van der Waals surface area contributed by atoms with E-state index in [1.807, 2.05) is 4.72 Å². The molecule has 3 unspecified atom stereocenters. The predicted octanol–water partition coefficient (Wildman–Crippen LogP) is 1.40. The quantitative estimate of drug-likeness (QED) is 0.286. The van der Waals surface area contributed by atoms with Gasteiger partial charge in [-0.1, -0.05) is 26.7 Å². The Kier molecular flexibility index (Phi) is 8.34. The van der Waals surface area contributed by atoms with Gasteiger partial charge < -0.3 is 15.4 Å². The van der Waals surface area contributed by atoms with Crippen molar-refractivity contribution in [3.8, 4) is 0 Å². The number of nitro groups is 1. The zero-order valence-corrected chi connectivity index (χ0v) is 18.5. The molecule has 0 radical (unpaired) electrons. The smallest absolute Gasteiger partial charge is 0.321 e. The van der Waals surface area contributed by atoms with Crippen molar-refractivity contribution in [3.63, 3.8) is 0 Å². The molecule has 2 rings (SSSR count). The summed E-state index contributed by atoms with van der Waals surface area (Å²) in [5.41, 5.74) is -0.271. The second-order valence-corrected chi connectivity index (χ2v) is 9.38. The molecule has 1 amide bonds. The fourth-order valence-corrected chi connectivity index (χ4v) is 4.50. The predicted molar refractivity (Wildman–Crippen MR) is 113 cm³/mol. The van der Waals surface area contributed by atoms with Crippen molar-refractivity contribution in [2.45, 2.75) is 44.0 Å². The van der Waals surface area contributed by atoms with Gasteiger partial charge in [0.1, 0.15) is 12.2 Å². The second-order valence-electron chi connectivity index (χ2n) is 7.61. The number of nitrogens with one attached hydrogen (secondary N) is 3. The zero-order valence-electron chi connectivity index (χ0n) is 17.7. The molecule has 0 saturated heterocycles. The Balaban J connectivity index is 1.87. The lowest BCUT2D eigenvalue weighted by Crippen LogP contribution is -2.45. The van der Waals surface area contributed by atoms with Gasteiger partial charge in [-0.2, -0.15) is 4.72 Å². The molecule has 1 aromatic rings. The molecule has 0 spiro atoms. The second kappa shape index (κ2) is 10.5. The maximum absolute atomic E-state index is 12.3. The summed E-state index contributed by atoms with van der Waals surface area (Å²) in [6.07, 6.45) is 3.00. The van der Waals surface area contributed by atoms with Crippen LogP contribution in [-0.2, 0) is 24.3 Å². The minimum atomic E-state index is -4.19. The van der Waals surface area contributed by atoms with Gasteiger partial charge >= 0.3 is 5.97 Å². The van der Waals surface area contributed by atoms with Gasteiger partial charge in [0.2, 0.25) is 10.0 Å². The van der Waals surface area contributed by atoms with Crippen LogP contribution in [0.15, 0.2) is 23.1 Å². The lowest BCUT2D eigenvalue weighted by Gasteiger charge is -2.34. The maximum Gasteiger partial charge on any atom is 0.321 e. The van der Waals surface area contributed by atoms with Crippen LogP contribution in [0.5, 0.6) is 0 Å².